The van der Waals surface area contributed by atoms with E-state index in [1.54, 1.807) is 12.0 Å². The summed E-state index contributed by atoms with van der Waals surface area (Å²) in [6.07, 6.45) is 4.56. The maximum Gasteiger partial charge on any atom is 0.255 e. The number of aromatic nitrogens is 1. The van der Waals surface area contributed by atoms with E-state index < -0.39 is 0 Å². The number of amides is 1. The molecular weight excluding hydrogens is 244 g/mol. The first-order chi connectivity index (χ1) is 9.13. The van der Waals surface area contributed by atoms with E-state index >= 15 is 0 Å². The highest BCUT2D eigenvalue weighted by Crippen LogP contribution is 2.16. The molecule has 5 heteroatoms. The molecule has 1 N–H and O–H groups in total. The first-order valence-corrected chi connectivity index (χ1v) is 6.57. The lowest BCUT2D eigenvalue weighted by Crippen LogP contribution is -2.41. The Bertz CT molecular complexity index is 405. The maximum absolute atomic E-state index is 12.5. The number of carbonyl (C=O) groups excluding carboxylic acids is 1. The first-order valence-electron chi connectivity index (χ1n) is 6.57. The lowest BCUT2D eigenvalue weighted by molar-refractivity contribution is 0.0588. The van der Waals surface area contributed by atoms with E-state index in [0.29, 0.717) is 18.7 Å². The molecule has 106 valence electrons. The molecule has 0 aliphatic carbocycles. The highest BCUT2D eigenvalue weighted by molar-refractivity contribution is 5.94. The Kier molecular flexibility index (Phi) is 6.29. The van der Waals surface area contributed by atoms with E-state index in [4.69, 9.17) is 4.74 Å². The highest BCUT2D eigenvalue weighted by Gasteiger charge is 2.22. The van der Waals surface area contributed by atoms with Crippen LogP contribution < -0.4 is 0 Å². The van der Waals surface area contributed by atoms with Crippen molar-refractivity contribution < 1.29 is 14.6 Å². The molecule has 19 heavy (non-hydrogen) atoms. The second kappa shape index (κ2) is 7.74. The van der Waals surface area contributed by atoms with Crippen molar-refractivity contribution >= 4 is 5.91 Å². The van der Waals surface area contributed by atoms with E-state index in [1.165, 1.54) is 18.5 Å². The number of aromatic hydroxyl groups is 1. The van der Waals surface area contributed by atoms with Crippen LogP contribution in [0.5, 0.6) is 5.75 Å². The number of carbonyl (C=O) groups is 1. The normalized spacial score (nSPS) is 10.7. The smallest absolute Gasteiger partial charge is 0.255 e. The second-order valence-electron chi connectivity index (χ2n) is 4.39. The highest BCUT2D eigenvalue weighted by atomic mass is 16.5. The van der Waals surface area contributed by atoms with Crippen LogP contribution in [-0.2, 0) is 4.74 Å². The molecule has 0 atom stereocenters. The summed E-state index contributed by atoms with van der Waals surface area (Å²) >= 11 is 0. The number of ether oxygens (including phenoxy) is 1. The molecule has 0 radical (unpaired) electrons. The average Bonchev–Trinajstić information content (AvgIpc) is 2.43. The number of rotatable bonds is 7. The van der Waals surface area contributed by atoms with Crippen molar-refractivity contribution in [3.63, 3.8) is 0 Å². The molecule has 1 heterocycles. The molecule has 0 saturated carbocycles. The van der Waals surface area contributed by atoms with E-state index in [-0.39, 0.29) is 17.7 Å². The molecule has 1 amide bonds. The van der Waals surface area contributed by atoms with Crippen LogP contribution in [0, 0.1) is 0 Å². The first kappa shape index (κ1) is 15.4. The molecule has 0 aliphatic rings. The van der Waals surface area contributed by atoms with E-state index in [2.05, 4.69) is 18.8 Å². The molecule has 1 rings (SSSR count). The topological polar surface area (TPSA) is 62.7 Å². The largest absolute Gasteiger partial charge is 0.506 e. The molecular formula is C14H22N2O3. The van der Waals surface area contributed by atoms with Gasteiger partial charge in [0.15, 0.2) is 0 Å². The van der Waals surface area contributed by atoms with E-state index in [1.807, 2.05) is 0 Å². The van der Waals surface area contributed by atoms with Gasteiger partial charge >= 0.3 is 0 Å². The summed E-state index contributed by atoms with van der Waals surface area (Å²) in [5.41, 5.74) is 0.406. The van der Waals surface area contributed by atoms with Crippen LogP contribution in [0.4, 0.5) is 0 Å². The van der Waals surface area contributed by atoms with E-state index in [0.717, 1.165) is 12.8 Å². The second-order valence-corrected chi connectivity index (χ2v) is 4.39. The predicted octanol–water partition coefficient (Wildman–Crippen LogP) is 2.06. The number of methoxy groups -OCH3 is 1. The zero-order valence-electron chi connectivity index (χ0n) is 11.8. The Morgan fingerprint density at radius 3 is 2.63 bits per heavy atom. The number of hydrogen-bond donors (Lipinski definition) is 1. The fraction of sp³-hybridized carbons (Fsp3) is 0.571. The SMILES string of the molecule is CCC(CC)N(CCOC)C(=O)c1cncc(O)c1. The predicted molar refractivity (Wildman–Crippen MR) is 73.2 cm³/mol. The molecule has 0 spiro atoms. The van der Waals surface area contributed by atoms with Crippen LogP contribution in [0.3, 0.4) is 0 Å². The van der Waals surface area contributed by atoms with Gasteiger partial charge in [-0.2, -0.15) is 0 Å². The standard InChI is InChI=1S/C14H22N2O3/c1-4-12(5-2)16(6-7-19-3)14(18)11-8-13(17)10-15-9-11/h8-10,12,17H,4-7H2,1-3H3. The summed E-state index contributed by atoms with van der Waals surface area (Å²) in [5, 5.41) is 9.41. The number of hydrogen-bond acceptors (Lipinski definition) is 4. The molecule has 0 fully saturated rings. The third kappa shape index (κ3) is 4.21. The van der Waals surface area contributed by atoms with Gasteiger partial charge in [0.2, 0.25) is 0 Å². The van der Waals surface area contributed by atoms with Crippen molar-refractivity contribution in [3.8, 4) is 5.75 Å². The summed E-state index contributed by atoms with van der Waals surface area (Å²) < 4.78 is 5.06. The maximum atomic E-state index is 12.5. The minimum absolute atomic E-state index is 0.00193. The van der Waals surface area contributed by atoms with Crippen molar-refractivity contribution in [3.05, 3.63) is 24.0 Å². The molecule has 0 unspecified atom stereocenters. The van der Waals surface area contributed by atoms with Gasteiger partial charge in [-0.1, -0.05) is 13.8 Å². The summed E-state index contributed by atoms with van der Waals surface area (Å²) in [6.45, 7) is 5.15. The summed E-state index contributed by atoms with van der Waals surface area (Å²) in [6, 6.07) is 1.61. The quantitative estimate of drug-likeness (QED) is 0.820. The Morgan fingerprint density at radius 1 is 1.42 bits per heavy atom. The van der Waals surface area contributed by atoms with Crippen molar-refractivity contribution in [2.24, 2.45) is 0 Å². The van der Waals surface area contributed by atoms with Crippen LogP contribution in [0.15, 0.2) is 18.5 Å². The average molecular weight is 266 g/mol. The number of pyridine rings is 1. The zero-order chi connectivity index (χ0) is 14.3. The molecule has 0 bridgehead atoms. The molecule has 1 aromatic heterocycles. The van der Waals surface area contributed by atoms with Gasteiger partial charge < -0.3 is 14.7 Å². The van der Waals surface area contributed by atoms with Gasteiger partial charge in [0.25, 0.3) is 5.91 Å². The minimum atomic E-state index is -0.117. The number of nitrogens with zero attached hydrogens (tertiary/aromatic N) is 2. The molecule has 0 aliphatic heterocycles. The Hall–Kier alpha value is -1.62. The van der Waals surface area contributed by atoms with E-state index in [9.17, 15) is 9.90 Å². The fourth-order valence-corrected chi connectivity index (χ4v) is 2.08. The van der Waals surface area contributed by atoms with Crippen LogP contribution in [0.1, 0.15) is 37.0 Å². The van der Waals surface area contributed by atoms with Gasteiger partial charge in [-0.15, -0.1) is 0 Å². The van der Waals surface area contributed by atoms with Crippen molar-refractivity contribution in [2.75, 3.05) is 20.3 Å². The summed E-state index contributed by atoms with van der Waals surface area (Å²) in [7, 11) is 1.62. The molecule has 0 aromatic carbocycles. The Morgan fingerprint density at radius 2 is 2.11 bits per heavy atom. The Balaban J connectivity index is 2.92. The molecule has 0 saturated heterocycles. The van der Waals surface area contributed by atoms with Crippen LogP contribution in [0.2, 0.25) is 0 Å². The summed E-state index contributed by atoms with van der Waals surface area (Å²) in [5.74, 6) is -0.115. The zero-order valence-corrected chi connectivity index (χ0v) is 11.8. The monoisotopic (exact) mass is 266 g/mol. The van der Waals surface area contributed by atoms with Crippen molar-refractivity contribution in [1.29, 1.82) is 0 Å². The lowest BCUT2D eigenvalue weighted by Gasteiger charge is -2.30. The van der Waals surface area contributed by atoms with Gasteiger partial charge in [0, 0.05) is 25.9 Å². The van der Waals surface area contributed by atoms with Gasteiger partial charge in [-0.3, -0.25) is 9.78 Å². The van der Waals surface area contributed by atoms with Crippen LogP contribution >= 0.6 is 0 Å². The lowest BCUT2D eigenvalue weighted by atomic mass is 10.1. The van der Waals surface area contributed by atoms with Crippen molar-refractivity contribution in [2.45, 2.75) is 32.7 Å². The minimum Gasteiger partial charge on any atom is -0.506 e. The van der Waals surface area contributed by atoms with Crippen LogP contribution in [0.25, 0.3) is 0 Å². The third-order valence-electron chi connectivity index (χ3n) is 3.15. The van der Waals surface area contributed by atoms with Crippen LogP contribution in [-0.4, -0.2) is 47.2 Å². The third-order valence-corrected chi connectivity index (χ3v) is 3.15. The van der Waals surface area contributed by atoms with Gasteiger partial charge in [0.1, 0.15) is 5.75 Å². The molecule has 5 nitrogen and oxygen atoms in total. The Labute approximate surface area is 114 Å². The van der Waals surface area contributed by atoms with Gasteiger partial charge in [-0.25, -0.2) is 0 Å². The van der Waals surface area contributed by atoms with Gasteiger partial charge in [0.05, 0.1) is 18.4 Å². The van der Waals surface area contributed by atoms with Gasteiger partial charge in [-0.05, 0) is 18.9 Å². The summed E-state index contributed by atoms with van der Waals surface area (Å²) in [4.78, 5) is 18.1. The fourth-order valence-electron chi connectivity index (χ4n) is 2.08. The molecule has 1 aromatic rings. The van der Waals surface area contributed by atoms with Crippen molar-refractivity contribution in [1.82, 2.24) is 9.88 Å².